The van der Waals surface area contributed by atoms with Crippen LogP contribution in [0, 0.1) is 22.7 Å². The van der Waals surface area contributed by atoms with Crippen molar-refractivity contribution < 1.29 is 20.1 Å². The van der Waals surface area contributed by atoms with Crippen LogP contribution in [0.1, 0.15) is 75.7 Å². The van der Waals surface area contributed by atoms with Crippen LogP contribution in [0.25, 0.3) is 6.08 Å². The van der Waals surface area contributed by atoms with Crippen LogP contribution in [-0.4, -0.2) is 21.6 Å². The number of hydrogen-bond acceptors (Lipinski definition) is 4. The van der Waals surface area contributed by atoms with E-state index in [0.29, 0.717) is 23.7 Å². The van der Waals surface area contributed by atoms with Crippen LogP contribution in [0.5, 0.6) is 17.2 Å². The van der Waals surface area contributed by atoms with Gasteiger partial charge in [0.25, 0.3) is 0 Å². The fourth-order valence-corrected chi connectivity index (χ4v) is 5.70. The number of aromatic hydroxyl groups is 3. The molecule has 3 N–H and O–H groups in total. The van der Waals surface area contributed by atoms with Crippen LogP contribution < -0.4 is 0 Å². The molecule has 0 saturated heterocycles. The summed E-state index contributed by atoms with van der Waals surface area (Å²) < 4.78 is 0. The Balaban J connectivity index is 2.15. The molecule has 26 heavy (non-hydrogen) atoms. The van der Waals surface area contributed by atoms with Gasteiger partial charge in [0.05, 0.1) is 0 Å². The topological polar surface area (TPSA) is 77.8 Å². The van der Waals surface area contributed by atoms with Crippen LogP contribution >= 0.6 is 0 Å². The first-order valence-corrected chi connectivity index (χ1v) is 9.57. The lowest BCUT2D eigenvalue weighted by molar-refractivity contribution is -0.00534. The van der Waals surface area contributed by atoms with Gasteiger partial charge in [-0.05, 0) is 54.4 Å². The highest BCUT2D eigenvalue weighted by molar-refractivity contribution is 5.88. The van der Waals surface area contributed by atoms with E-state index in [4.69, 9.17) is 0 Å². The van der Waals surface area contributed by atoms with Gasteiger partial charge in [-0.3, -0.25) is 4.79 Å². The first-order valence-electron chi connectivity index (χ1n) is 9.57. The zero-order valence-corrected chi connectivity index (χ0v) is 16.2. The van der Waals surface area contributed by atoms with Gasteiger partial charge in [0.15, 0.2) is 17.8 Å². The predicted molar refractivity (Wildman–Crippen MR) is 102 cm³/mol. The monoisotopic (exact) mass is 358 g/mol. The Morgan fingerprint density at radius 1 is 1.08 bits per heavy atom. The van der Waals surface area contributed by atoms with Gasteiger partial charge < -0.3 is 15.3 Å². The van der Waals surface area contributed by atoms with Gasteiger partial charge in [-0.15, -0.1) is 0 Å². The molecule has 1 aromatic rings. The number of carbonyl (C=O) groups is 1. The summed E-state index contributed by atoms with van der Waals surface area (Å²) in [5.41, 5.74) is 1.74. The zero-order valence-electron chi connectivity index (χ0n) is 16.2. The first kappa shape index (κ1) is 18.8. The summed E-state index contributed by atoms with van der Waals surface area (Å²) in [4.78, 5) is 11.2. The van der Waals surface area contributed by atoms with Crippen LogP contribution in [0.2, 0.25) is 0 Å². The molecule has 2 aliphatic rings. The Hall–Kier alpha value is -1.97. The Bertz CT molecular complexity index is 762. The van der Waals surface area contributed by atoms with Gasteiger partial charge >= 0.3 is 0 Å². The Morgan fingerprint density at radius 3 is 2.42 bits per heavy atom. The van der Waals surface area contributed by atoms with Gasteiger partial charge in [-0.2, -0.15) is 0 Å². The quantitative estimate of drug-likeness (QED) is 0.383. The molecule has 0 radical (unpaired) electrons. The number of phenolic OH excluding ortho intramolecular Hbond substituents is 3. The SMILES string of the molecule is C[C@@H]1CC[C@H]2C(C)(C)CCC[C@]2(C)C1=Cc1cc(O)c(O)c(C=O)c1O. The number of hydrogen-bond donors (Lipinski definition) is 3. The molecule has 0 unspecified atom stereocenters. The molecule has 0 aliphatic heterocycles. The van der Waals surface area contributed by atoms with Crippen molar-refractivity contribution in [3.05, 3.63) is 22.8 Å². The second kappa shape index (κ2) is 6.33. The highest BCUT2D eigenvalue weighted by atomic mass is 16.3. The maximum absolute atomic E-state index is 11.2. The summed E-state index contributed by atoms with van der Waals surface area (Å²) in [7, 11) is 0. The lowest BCUT2D eigenvalue weighted by atomic mass is 9.48. The Kier molecular flexibility index (Phi) is 4.58. The van der Waals surface area contributed by atoms with E-state index >= 15 is 0 Å². The molecule has 3 rings (SSSR count). The number of aldehydes is 1. The molecule has 1 aromatic carbocycles. The summed E-state index contributed by atoms with van der Waals surface area (Å²) in [6.07, 6.45) is 8.15. The molecule has 3 atom stereocenters. The van der Waals surface area contributed by atoms with Crippen LogP contribution in [0.15, 0.2) is 11.6 Å². The smallest absolute Gasteiger partial charge is 0.171 e. The number of benzene rings is 1. The molecule has 2 fully saturated rings. The maximum Gasteiger partial charge on any atom is 0.171 e. The largest absolute Gasteiger partial charge is 0.506 e. The second-order valence-electron chi connectivity index (χ2n) is 9.10. The highest BCUT2D eigenvalue weighted by Gasteiger charge is 2.51. The molecule has 0 aromatic heterocycles. The van der Waals surface area contributed by atoms with Crippen LogP contribution in [0.4, 0.5) is 0 Å². The molecule has 2 saturated carbocycles. The zero-order chi connectivity index (χ0) is 19.3. The van der Waals surface area contributed by atoms with Crippen molar-refractivity contribution in [3.8, 4) is 17.2 Å². The van der Waals surface area contributed by atoms with Crippen molar-refractivity contribution in [1.29, 1.82) is 0 Å². The average Bonchev–Trinajstić information content (AvgIpc) is 2.55. The van der Waals surface area contributed by atoms with Crippen molar-refractivity contribution in [2.24, 2.45) is 22.7 Å². The fourth-order valence-electron chi connectivity index (χ4n) is 5.70. The van der Waals surface area contributed by atoms with Crippen molar-refractivity contribution in [3.63, 3.8) is 0 Å². The van der Waals surface area contributed by atoms with Crippen molar-refractivity contribution in [1.82, 2.24) is 0 Å². The van der Waals surface area contributed by atoms with E-state index in [9.17, 15) is 20.1 Å². The minimum Gasteiger partial charge on any atom is -0.506 e. The lowest BCUT2D eigenvalue weighted by Gasteiger charge is -2.56. The minimum absolute atomic E-state index is 0.0424. The summed E-state index contributed by atoms with van der Waals surface area (Å²) >= 11 is 0. The van der Waals surface area contributed by atoms with Crippen LogP contribution in [-0.2, 0) is 0 Å². The maximum atomic E-state index is 11.2. The number of fused-ring (bicyclic) bond motifs is 1. The van der Waals surface area contributed by atoms with Crippen molar-refractivity contribution in [2.45, 2.75) is 59.8 Å². The summed E-state index contributed by atoms with van der Waals surface area (Å²) in [6.45, 7) is 9.26. The van der Waals surface area contributed by atoms with E-state index in [2.05, 4.69) is 27.7 Å². The lowest BCUT2D eigenvalue weighted by Crippen LogP contribution is -2.47. The number of rotatable bonds is 2. The third kappa shape index (κ3) is 2.80. The molecule has 4 heteroatoms. The van der Waals surface area contributed by atoms with E-state index in [0.717, 1.165) is 12.8 Å². The van der Waals surface area contributed by atoms with Gasteiger partial charge in [-0.25, -0.2) is 0 Å². The van der Waals surface area contributed by atoms with Crippen molar-refractivity contribution in [2.75, 3.05) is 0 Å². The van der Waals surface area contributed by atoms with E-state index in [-0.39, 0.29) is 27.9 Å². The van der Waals surface area contributed by atoms with Gasteiger partial charge in [-0.1, -0.05) is 45.8 Å². The number of allylic oxidation sites excluding steroid dienone is 1. The molecular weight excluding hydrogens is 328 g/mol. The molecule has 0 heterocycles. The van der Waals surface area contributed by atoms with E-state index in [1.807, 2.05) is 6.08 Å². The number of phenols is 3. The summed E-state index contributed by atoms with van der Waals surface area (Å²) in [6, 6.07) is 1.35. The summed E-state index contributed by atoms with van der Waals surface area (Å²) in [5.74, 6) is -0.273. The predicted octanol–water partition coefficient (Wildman–Crippen LogP) is 5.26. The first-order chi connectivity index (χ1) is 12.1. The molecule has 2 aliphatic carbocycles. The third-order valence-electron chi connectivity index (χ3n) is 7.06. The third-order valence-corrected chi connectivity index (χ3v) is 7.06. The van der Waals surface area contributed by atoms with Crippen LogP contribution in [0.3, 0.4) is 0 Å². The average molecular weight is 358 g/mol. The summed E-state index contributed by atoms with van der Waals surface area (Å²) in [5, 5.41) is 30.2. The molecule has 0 spiro atoms. The normalized spacial score (nSPS) is 32.2. The molecule has 0 bridgehead atoms. The fraction of sp³-hybridized carbons (Fsp3) is 0.591. The van der Waals surface area contributed by atoms with E-state index in [1.165, 1.54) is 30.9 Å². The van der Waals surface area contributed by atoms with E-state index < -0.39 is 5.75 Å². The standard InChI is InChI=1S/C22H30O4/c1-13-6-7-18-21(2,3)8-5-9-22(18,4)16(13)10-14-11-17(24)20(26)15(12-23)19(14)25/h10-13,18,24-26H,5-9H2,1-4H3/t13-,18+,22-/m1/s1. The highest BCUT2D eigenvalue weighted by Crippen LogP contribution is 2.61. The molecule has 4 nitrogen and oxygen atoms in total. The molecule has 142 valence electrons. The van der Waals surface area contributed by atoms with Crippen molar-refractivity contribution >= 4 is 12.4 Å². The molecule has 0 amide bonds. The van der Waals surface area contributed by atoms with Gasteiger partial charge in [0, 0.05) is 5.56 Å². The second-order valence-corrected chi connectivity index (χ2v) is 9.10. The minimum atomic E-state index is -0.570. The Morgan fingerprint density at radius 2 is 1.77 bits per heavy atom. The molecular formula is C22H30O4. The van der Waals surface area contributed by atoms with Gasteiger partial charge in [0.1, 0.15) is 11.3 Å². The Labute approximate surface area is 155 Å². The van der Waals surface area contributed by atoms with E-state index in [1.54, 1.807) is 0 Å². The van der Waals surface area contributed by atoms with Gasteiger partial charge in [0.2, 0.25) is 0 Å². The number of carbonyl (C=O) groups excluding carboxylic acids is 1.